The monoisotopic (exact) mass is 237 g/mol. The van der Waals surface area contributed by atoms with Gasteiger partial charge in [0.05, 0.1) is 0 Å². The average molecular weight is 237 g/mol. The lowest BCUT2D eigenvalue weighted by Gasteiger charge is -2.14. The van der Waals surface area contributed by atoms with E-state index in [4.69, 9.17) is 6.42 Å². The first-order chi connectivity index (χ1) is 8.10. The Morgan fingerprint density at radius 3 is 2.00 bits per heavy atom. The van der Waals surface area contributed by atoms with Gasteiger partial charge >= 0.3 is 0 Å². The van der Waals surface area contributed by atoms with E-state index in [0.29, 0.717) is 12.0 Å². The molecule has 0 aliphatic carbocycles. The van der Waals surface area contributed by atoms with Crippen molar-refractivity contribution in [2.45, 2.75) is 71.8 Å². The summed E-state index contributed by atoms with van der Waals surface area (Å²) in [5.74, 6) is 4.33. The van der Waals surface area contributed by atoms with E-state index in [0.717, 1.165) is 12.3 Å². The van der Waals surface area contributed by atoms with Crippen LogP contribution in [-0.4, -0.2) is 13.1 Å². The van der Waals surface area contributed by atoms with Crippen LogP contribution in [0.25, 0.3) is 0 Å². The van der Waals surface area contributed by atoms with Gasteiger partial charge < -0.3 is 5.32 Å². The SMILES string of the molecule is C#CCC(C)CCCC(C)CCCC(C)NC. The molecule has 0 aliphatic rings. The summed E-state index contributed by atoms with van der Waals surface area (Å²) >= 11 is 0. The van der Waals surface area contributed by atoms with Crippen molar-refractivity contribution in [2.24, 2.45) is 11.8 Å². The van der Waals surface area contributed by atoms with Crippen LogP contribution in [0.4, 0.5) is 0 Å². The molecule has 0 aromatic rings. The van der Waals surface area contributed by atoms with E-state index >= 15 is 0 Å². The van der Waals surface area contributed by atoms with Crippen molar-refractivity contribution in [1.29, 1.82) is 0 Å². The molecule has 0 heterocycles. The first-order valence-corrected chi connectivity index (χ1v) is 7.20. The molecule has 0 aromatic carbocycles. The second-order valence-electron chi connectivity index (χ2n) is 5.67. The molecule has 3 atom stereocenters. The van der Waals surface area contributed by atoms with Crippen molar-refractivity contribution in [3.05, 3.63) is 0 Å². The Balaban J connectivity index is 3.41. The predicted octanol–water partition coefficient (Wildman–Crippen LogP) is 4.23. The highest BCUT2D eigenvalue weighted by Crippen LogP contribution is 2.19. The smallest absolute Gasteiger partial charge is 0.0112 e. The second kappa shape index (κ2) is 10.7. The van der Waals surface area contributed by atoms with Gasteiger partial charge in [0.25, 0.3) is 0 Å². The van der Waals surface area contributed by atoms with Gasteiger partial charge in [-0.15, -0.1) is 12.3 Å². The van der Waals surface area contributed by atoms with Gasteiger partial charge in [-0.1, -0.05) is 39.5 Å². The third kappa shape index (κ3) is 10.4. The van der Waals surface area contributed by atoms with E-state index in [-0.39, 0.29) is 0 Å². The largest absolute Gasteiger partial charge is 0.317 e. The quantitative estimate of drug-likeness (QED) is 0.561. The Bertz CT molecular complexity index is 204. The maximum absolute atomic E-state index is 5.31. The number of rotatable bonds is 10. The van der Waals surface area contributed by atoms with E-state index in [1.807, 2.05) is 7.05 Å². The molecule has 0 aliphatic heterocycles. The van der Waals surface area contributed by atoms with Gasteiger partial charge in [0.1, 0.15) is 0 Å². The highest BCUT2D eigenvalue weighted by molar-refractivity contribution is 4.85. The molecule has 1 N–H and O–H groups in total. The molecule has 1 heteroatoms. The minimum Gasteiger partial charge on any atom is -0.317 e. The number of hydrogen-bond acceptors (Lipinski definition) is 1. The van der Waals surface area contributed by atoms with Gasteiger partial charge in [0, 0.05) is 12.5 Å². The summed E-state index contributed by atoms with van der Waals surface area (Å²) in [5.41, 5.74) is 0. The minimum absolute atomic E-state index is 0.665. The summed E-state index contributed by atoms with van der Waals surface area (Å²) in [6.07, 6.45) is 14.3. The van der Waals surface area contributed by atoms with Crippen LogP contribution in [0.5, 0.6) is 0 Å². The van der Waals surface area contributed by atoms with Gasteiger partial charge in [-0.05, 0) is 38.6 Å². The normalized spacial score (nSPS) is 16.2. The maximum Gasteiger partial charge on any atom is 0.0112 e. The van der Waals surface area contributed by atoms with Crippen LogP contribution in [0.1, 0.15) is 65.7 Å². The molecule has 0 amide bonds. The average Bonchev–Trinajstić information content (AvgIpc) is 2.29. The summed E-state index contributed by atoms with van der Waals surface area (Å²) in [4.78, 5) is 0. The lowest BCUT2D eigenvalue weighted by Crippen LogP contribution is -2.20. The molecule has 0 fully saturated rings. The molecule has 0 spiro atoms. The summed E-state index contributed by atoms with van der Waals surface area (Å²) in [5, 5.41) is 3.29. The predicted molar refractivity (Wildman–Crippen MR) is 78.0 cm³/mol. The molecule has 17 heavy (non-hydrogen) atoms. The molecule has 0 saturated carbocycles. The number of terminal acetylenes is 1. The Kier molecular flexibility index (Phi) is 10.4. The molecule has 0 radical (unpaired) electrons. The lowest BCUT2D eigenvalue weighted by atomic mass is 9.93. The van der Waals surface area contributed by atoms with Crippen molar-refractivity contribution in [3.63, 3.8) is 0 Å². The van der Waals surface area contributed by atoms with Crippen molar-refractivity contribution in [2.75, 3.05) is 7.05 Å². The summed E-state index contributed by atoms with van der Waals surface area (Å²) < 4.78 is 0. The van der Waals surface area contributed by atoms with E-state index in [1.165, 1.54) is 38.5 Å². The Hall–Kier alpha value is -0.480. The van der Waals surface area contributed by atoms with Gasteiger partial charge in [0.2, 0.25) is 0 Å². The summed E-state index contributed by atoms with van der Waals surface area (Å²) in [6.45, 7) is 6.90. The zero-order valence-electron chi connectivity index (χ0n) is 12.3. The van der Waals surface area contributed by atoms with Crippen molar-refractivity contribution in [3.8, 4) is 12.3 Å². The zero-order valence-corrected chi connectivity index (χ0v) is 12.3. The number of nitrogens with one attached hydrogen (secondary N) is 1. The third-order valence-electron chi connectivity index (χ3n) is 3.69. The van der Waals surface area contributed by atoms with Gasteiger partial charge in [-0.25, -0.2) is 0 Å². The minimum atomic E-state index is 0.665. The van der Waals surface area contributed by atoms with Crippen LogP contribution >= 0.6 is 0 Å². The fourth-order valence-corrected chi connectivity index (χ4v) is 2.18. The van der Waals surface area contributed by atoms with Crippen LogP contribution in [0.2, 0.25) is 0 Å². The van der Waals surface area contributed by atoms with Crippen LogP contribution in [0.3, 0.4) is 0 Å². The Labute approximate surface area is 109 Å². The molecule has 0 saturated heterocycles. The molecule has 0 rings (SSSR count). The Morgan fingerprint density at radius 2 is 1.47 bits per heavy atom. The molecule has 3 unspecified atom stereocenters. The fourth-order valence-electron chi connectivity index (χ4n) is 2.18. The van der Waals surface area contributed by atoms with Crippen LogP contribution in [0.15, 0.2) is 0 Å². The van der Waals surface area contributed by atoms with Crippen LogP contribution in [-0.2, 0) is 0 Å². The zero-order chi connectivity index (χ0) is 13.1. The van der Waals surface area contributed by atoms with Gasteiger partial charge in [-0.3, -0.25) is 0 Å². The number of hydrogen-bond donors (Lipinski definition) is 1. The van der Waals surface area contributed by atoms with E-state index < -0.39 is 0 Å². The van der Waals surface area contributed by atoms with Crippen LogP contribution < -0.4 is 5.32 Å². The molecule has 0 aromatic heterocycles. The second-order valence-corrected chi connectivity index (χ2v) is 5.67. The van der Waals surface area contributed by atoms with Crippen molar-refractivity contribution < 1.29 is 0 Å². The highest BCUT2D eigenvalue weighted by Gasteiger charge is 2.06. The van der Waals surface area contributed by atoms with Crippen molar-refractivity contribution in [1.82, 2.24) is 5.32 Å². The lowest BCUT2D eigenvalue weighted by molar-refractivity contribution is 0.403. The molecular formula is C16H31N. The first-order valence-electron chi connectivity index (χ1n) is 7.20. The van der Waals surface area contributed by atoms with E-state index in [9.17, 15) is 0 Å². The third-order valence-corrected chi connectivity index (χ3v) is 3.69. The first kappa shape index (κ1) is 16.5. The summed E-state index contributed by atoms with van der Waals surface area (Å²) in [6, 6.07) is 0.665. The fraction of sp³-hybridized carbons (Fsp3) is 0.875. The highest BCUT2D eigenvalue weighted by atomic mass is 14.8. The molecular weight excluding hydrogens is 206 g/mol. The standard InChI is InChI=1S/C16H31N/c1-6-9-14(2)10-7-11-15(3)12-8-13-16(4)17-5/h1,14-17H,7-13H2,2-5H3. The van der Waals surface area contributed by atoms with E-state index in [1.54, 1.807) is 0 Å². The van der Waals surface area contributed by atoms with E-state index in [2.05, 4.69) is 32.0 Å². The summed E-state index contributed by atoms with van der Waals surface area (Å²) in [7, 11) is 2.04. The molecule has 1 nitrogen and oxygen atoms in total. The van der Waals surface area contributed by atoms with Crippen molar-refractivity contribution >= 4 is 0 Å². The van der Waals surface area contributed by atoms with Gasteiger partial charge in [0.15, 0.2) is 0 Å². The molecule has 0 bridgehead atoms. The maximum atomic E-state index is 5.31. The molecule has 100 valence electrons. The van der Waals surface area contributed by atoms with Crippen LogP contribution in [0, 0.1) is 24.2 Å². The topological polar surface area (TPSA) is 12.0 Å². The Morgan fingerprint density at radius 1 is 0.941 bits per heavy atom. The van der Waals surface area contributed by atoms with Gasteiger partial charge in [-0.2, -0.15) is 0 Å².